The first-order chi connectivity index (χ1) is 10.7. The Balaban J connectivity index is 1.99. The number of esters is 1. The van der Waals surface area contributed by atoms with Gasteiger partial charge in [0.2, 0.25) is 5.91 Å². The van der Waals surface area contributed by atoms with E-state index < -0.39 is 5.92 Å². The van der Waals surface area contributed by atoms with Crippen LogP contribution in [-0.4, -0.2) is 37.7 Å². The van der Waals surface area contributed by atoms with Gasteiger partial charge in [-0.15, -0.1) is 0 Å². The summed E-state index contributed by atoms with van der Waals surface area (Å²) in [5.74, 6) is -1.02. The molecule has 1 aliphatic rings. The van der Waals surface area contributed by atoms with E-state index in [4.69, 9.17) is 9.47 Å². The number of hydrogen-bond donors (Lipinski definition) is 1. The van der Waals surface area contributed by atoms with Gasteiger partial charge in [0.15, 0.2) is 0 Å². The molecule has 1 heterocycles. The molecule has 1 fully saturated rings. The number of nitrogens with one attached hydrogen (secondary N) is 1. The second-order valence-corrected chi connectivity index (χ2v) is 5.37. The molecule has 1 aromatic carbocycles. The van der Waals surface area contributed by atoms with E-state index in [9.17, 15) is 9.59 Å². The maximum absolute atomic E-state index is 12.2. The largest absolute Gasteiger partial charge is 0.466 e. The average Bonchev–Trinajstić information content (AvgIpc) is 2.54. The summed E-state index contributed by atoms with van der Waals surface area (Å²) in [6, 6.07) is 9.44. The van der Waals surface area contributed by atoms with Gasteiger partial charge in [0.1, 0.15) is 0 Å². The van der Waals surface area contributed by atoms with Gasteiger partial charge in [-0.2, -0.15) is 0 Å². The normalized spacial score (nSPS) is 16.8. The Hall–Kier alpha value is -1.88. The van der Waals surface area contributed by atoms with Crippen molar-refractivity contribution < 1.29 is 19.1 Å². The fourth-order valence-corrected chi connectivity index (χ4v) is 2.58. The highest BCUT2D eigenvalue weighted by molar-refractivity contribution is 5.86. The van der Waals surface area contributed by atoms with Crippen molar-refractivity contribution in [3.8, 4) is 0 Å². The maximum Gasteiger partial charge on any atom is 0.313 e. The molecule has 1 atom stereocenters. The molecule has 0 aromatic heterocycles. The molecule has 1 aromatic rings. The van der Waals surface area contributed by atoms with Gasteiger partial charge in [-0.25, -0.2) is 0 Å². The lowest BCUT2D eigenvalue weighted by Gasteiger charge is -2.24. The Morgan fingerprint density at radius 1 is 1.27 bits per heavy atom. The van der Waals surface area contributed by atoms with E-state index in [0.717, 1.165) is 18.4 Å². The Bertz CT molecular complexity index is 483. The smallest absolute Gasteiger partial charge is 0.313 e. The molecule has 1 amide bonds. The first-order valence-electron chi connectivity index (χ1n) is 7.79. The van der Waals surface area contributed by atoms with Gasteiger partial charge in [0.25, 0.3) is 0 Å². The summed E-state index contributed by atoms with van der Waals surface area (Å²) in [5.41, 5.74) is 0.808. The average molecular weight is 305 g/mol. The molecule has 1 aliphatic heterocycles. The van der Waals surface area contributed by atoms with Crippen molar-refractivity contribution in [1.29, 1.82) is 0 Å². The van der Waals surface area contributed by atoms with E-state index in [2.05, 4.69) is 5.32 Å². The fraction of sp³-hybridized carbons (Fsp3) is 0.529. The Morgan fingerprint density at radius 2 is 1.95 bits per heavy atom. The summed E-state index contributed by atoms with van der Waals surface area (Å²) in [5, 5.41) is 2.99. The minimum absolute atomic E-state index is 0.111. The third-order valence-corrected chi connectivity index (χ3v) is 3.75. The SMILES string of the molecule is CCOC(=O)C(CC(=O)NC1CCOCC1)c1ccccc1. The van der Waals surface area contributed by atoms with Crippen molar-refractivity contribution in [1.82, 2.24) is 5.32 Å². The summed E-state index contributed by atoms with van der Waals surface area (Å²) in [6.07, 6.45) is 1.75. The van der Waals surface area contributed by atoms with Gasteiger partial charge >= 0.3 is 5.97 Å². The molecule has 1 saturated heterocycles. The first-order valence-corrected chi connectivity index (χ1v) is 7.79. The molecule has 1 N–H and O–H groups in total. The van der Waals surface area contributed by atoms with Gasteiger partial charge in [-0.3, -0.25) is 9.59 Å². The van der Waals surface area contributed by atoms with E-state index in [1.165, 1.54) is 0 Å². The number of amides is 1. The van der Waals surface area contributed by atoms with Crippen LogP contribution < -0.4 is 5.32 Å². The first kappa shape index (κ1) is 16.5. The van der Waals surface area contributed by atoms with Crippen LogP contribution in [0.1, 0.15) is 37.7 Å². The standard InChI is InChI=1S/C17H23NO4/c1-2-22-17(20)15(13-6-4-3-5-7-13)12-16(19)18-14-8-10-21-11-9-14/h3-7,14-15H,2,8-12H2,1H3,(H,18,19). The minimum Gasteiger partial charge on any atom is -0.466 e. The van der Waals surface area contributed by atoms with Gasteiger partial charge in [-0.1, -0.05) is 30.3 Å². The molecule has 22 heavy (non-hydrogen) atoms. The van der Waals surface area contributed by atoms with Crippen LogP contribution in [0.4, 0.5) is 0 Å². The van der Waals surface area contributed by atoms with Gasteiger partial charge in [-0.05, 0) is 25.3 Å². The van der Waals surface area contributed by atoms with Gasteiger partial charge in [0.05, 0.1) is 12.5 Å². The molecule has 0 aliphatic carbocycles. The zero-order valence-corrected chi connectivity index (χ0v) is 12.9. The lowest BCUT2D eigenvalue weighted by Crippen LogP contribution is -2.40. The van der Waals surface area contributed by atoms with Crippen LogP contribution in [0.25, 0.3) is 0 Å². The molecule has 5 heteroatoms. The Labute approximate surface area is 131 Å². The molecule has 0 saturated carbocycles. The highest BCUT2D eigenvalue weighted by atomic mass is 16.5. The third kappa shape index (κ3) is 4.84. The highest BCUT2D eigenvalue weighted by Gasteiger charge is 2.26. The fourth-order valence-electron chi connectivity index (χ4n) is 2.58. The van der Waals surface area contributed by atoms with Gasteiger partial charge < -0.3 is 14.8 Å². The van der Waals surface area contributed by atoms with Gasteiger partial charge in [0, 0.05) is 25.7 Å². The molecule has 0 radical (unpaired) electrons. The number of rotatable bonds is 6. The summed E-state index contributed by atoms with van der Waals surface area (Å²) in [7, 11) is 0. The maximum atomic E-state index is 12.2. The van der Waals surface area contributed by atoms with Crippen LogP contribution in [-0.2, 0) is 19.1 Å². The highest BCUT2D eigenvalue weighted by Crippen LogP contribution is 2.21. The van der Waals surface area contributed by atoms with Crippen LogP contribution in [0, 0.1) is 0 Å². The predicted molar refractivity (Wildman–Crippen MR) is 82.4 cm³/mol. The minimum atomic E-state index is -0.555. The molecular formula is C17H23NO4. The number of carbonyl (C=O) groups excluding carboxylic acids is 2. The van der Waals surface area contributed by atoms with E-state index in [1.807, 2.05) is 30.3 Å². The van der Waals surface area contributed by atoms with E-state index >= 15 is 0 Å². The number of ether oxygens (including phenoxy) is 2. The van der Waals surface area contributed by atoms with Crippen LogP contribution in [0.3, 0.4) is 0 Å². The number of carbonyl (C=O) groups is 2. The second kappa shape index (κ2) is 8.54. The zero-order chi connectivity index (χ0) is 15.8. The summed E-state index contributed by atoms with van der Waals surface area (Å²) in [4.78, 5) is 24.4. The zero-order valence-electron chi connectivity index (χ0n) is 12.9. The molecule has 1 unspecified atom stereocenters. The Morgan fingerprint density at radius 3 is 2.59 bits per heavy atom. The summed E-state index contributed by atoms with van der Waals surface area (Å²) in [6.45, 7) is 3.42. The molecule has 0 bridgehead atoms. The third-order valence-electron chi connectivity index (χ3n) is 3.75. The van der Waals surface area contributed by atoms with Crippen molar-refractivity contribution in [3.63, 3.8) is 0 Å². The molecule has 5 nitrogen and oxygen atoms in total. The summed E-state index contributed by atoms with van der Waals surface area (Å²) < 4.78 is 10.4. The van der Waals surface area contributed by atoms with Crippen LogP contribution in [0.5, 0.6) is 0 Å². The van der Waals surface area contributed by atoms with Crippen LogP contribution in [0.15, 0.2) is 30.3 Å². The number of benzene rings is 1. The topological polar surface area (TPSA) is 64.6 Å². The van der Waals surface area contributed by atoms with Crippen LogP contribution >= 0.6 is 0 Å². The lowest BCUT2D eigenvalue weighted by molar-refractivity contribution is -0.146. The Kier molecular flexibility index (Phi) is 6.40. The van der Waals surface area contributed by atoms with Crippen LogP contribution in [0.2, 0.25) is 0 Å². The lowest BCUT2D eigenvalue weighted by atomic mass is 9.95. The molecule has 2 rings (SSSR count). The van der Waals surface area contributed by atoms with Crippen molar-refractivity contribution in [2.24, 2.45) is 0 Å². The van der Waals surface area contributed by atoms with E-state index in [0.29, 0.717) is 19.8 Å². The molecular weight excluding hydrogens is 282 g/mol. The molecule has 0 spiro atoms. The van der Waals surface area contributed by atoms with E-state index in [1.54, 1.807) is 6.92 Å². The van der Waals surface area contributed by atoms with E-state index in [-0.39, 0.29) is 24.3 Å². The monoisotopic (exact) mass is 305 g/mol. The quantitative estimate of drug-likeness (QED) is 0.817. The van der Waals surface area contributed by atoms with Crippen molar-refractivity contribution in [2.45, 2.75) is 38.1 Å². The molecule has 120 valence electrons. The predicted octanol–water partition coefficient (Wildman–Crippen LogP) is 2.02. The second-order valence-electron chi connectivity index (χ2n) is 5.37. The van der Waals surface area contributed by atoms with Crippen molar-refractivity contribution in [3.05, 3.63) is 35.9 Å². The van der Waals surface area contributed by atoms with Crippen molar-refractivity contribution >= 4 is 11.9 Å². The summed E-state index contributed by atoms with van der Waals surface area (Å²) >= 11 is 0. The number of hydrogen-bond acceptors (Lipinski definition) is 4. The van der Waals surface area contributed by atoms with Crippen molar-refractivity contribution in [2.75, 3.05) is 19.8 Å².